The maximum atomic E-state index is 15.0. The van der Waals surface area contributed by atoms with E-state index in [1.54, 1.807) is 28.9 Å². The van der Waals surface area contributed by atoms with Crippen molar-refractivity contribution in [3.63, 3.8) is 0 Å². The summed E-state index contributed by atoms with van der Waals surface area (Å²) in [6, 6.07) is 2.32. The Labute approximate surface area is 251 Å². The average Bonchev–Trinajstić information content (AvgIpc) is 3.46. The van der Waals surface area contributed by atoms with Crippen LogP contribution < -0.4 is 10.2 Å². The molecule has 1 aliphatic carbocycles. The number of nitrogens with one attached hydrogen (secondary N) is 1. The Hall–Kier alpha value is -4.30. The fraction of sp³-hybridized carbons (Fsp3) is 0.321. The third-order valence-corrected chi connectivity index (χ3v) is 9.26. The molecule has 2 atom stereocenters. The minimum atomic E-state index is -3.85. The molecule has 3 aromatic heterocycles. The standard InChI is InChI=1S/C28H26ClFN8O4S/c1-14-17(8-32-28(34-14)38-12-16-4-5-19(16)27(38)40)11-37-13-18(9-33-37)35-26(39)25-15(2)31-10-21(36-25)23-22(43(3,41)42)7-6-20(29)24(23)30/h6-10,13,16,19H,4-5,11-12H2,1-3H3,(H,35,39)/t16-,19-/m1/s1. The maximum Gasteiger partial charge on any atom is 0.276 e. The fourth-order valence-corrected chi connectivity index (χ4v) is 6.37. The van der Waals surface area contributed by atoms with E-state index in [0.29, 0.717) is 36.3 Å². The lowest BCUT2D eigenvalue weighted by Gasteiger charge is -2.25. The minimum Gasteiger partial charge on any atom is -0.318 e. The van der Waals surface area contributed by atoms with E-state index in [0.717, 1.165) is 30.7 Å². The highest BCUT2D eigenvalue weighted by Gasteiger charge is 2.47. The molecule has 1 aliphatic heterocycles. The van der Waals surface area contributed by atoms with Crippen LogP contribution in [0.1, 0.15) is 40.3 Å². The number of benzene rings is 1. The van der Waals surface area contributed by atoms with E-state index in [9.17, 15) is 18.0 Å². The number of nitrogens with zero attached hydrogens (tertiary/aromatic N) is 7. The number of hydrogen-bond donors (Lipinski definition) is 1. The fourth-order valence-electron chi connectivity index (χ4n) is 5.33. The van der Waals surface area contributed by atoms with Crippen molar-refractivity contribution in [3.05, 3.63) is 70.4 Å². The first-order valence-corrected chi connectivity index (χ1v) is 15.7. The van der Waals surface area contributed by atoms with Crippen LogP contribution in [0.15, 0.2) is 41.8 Å². The van der Waals surface area contributed by atoms with Crippen molar-refractivity contribution >= 4 is 44.9 Å². The van der Waals surface area contributed by atoms with Crippen molar-refractivity contribution in [2.45, 2.75) is 38.1 Å². The van der Waals surface area contributed by atoms with Crippen molar-refractivity contribution < 1.29 is 22.4 Å². The van der Waals surface area contributed by atoms with Crippen LogP contribution in [0.25, 0.3) is 11.3 Å². The van der Waals surface area contributed by atoms with E-state index in [4.69, 9.17) is 11.6 Å². The molecule has 0 unspecified atom stereocenters. The smallest absolute Gasteiger partial charge is 0.276 e. The molecule has 4 aromatic rings. The van der Waals surface area contributed by atoms with Gasteiger partial charge in [-0.05, 0) is 44.7 Å². The van der Waals surface area contributed by atoms with Gasteiger partial charge in [-0.1, -0.05) is 11.6 Å². The number of aryl methyl sites for hydroxylation is 2. The Bertz CT molecular complexity index is 1910. The van der Waals surface area contributed by atoms with Crippen LogP contribution in [0, 0.1) is 31.5 Å². The van der Waals surface area contributed by atoms with Crippen molar-refractivity contribution in [3.8, 4) is 11.3 Å². The highest BCUT2D eigenvalue weighted by molar-refractivity contribution is 7.90. The van der Waals surface area contributed by atoms with E-state index in [2.05, 4.69) is 30.4 Å². The predicted octanol–water partition coefficient (Wildman–Crippen LogP) is 3.62. The lowest BCUT2D eigenvalue weighted by molar-refractivity contribution is -0.123. The molecule has 2 fully saturated rings. The van der Waals surface area contributed by atoms with Crippen molar-refractivity contribution in [1.29, 1.82) is 0 Å². The molecule has 1 N–H and O–H groups in total. The number of fused-ring (bicyclic) bond motifs is 1. The second-order valence-corrected chi connectivity index (χ2v) is 13.1. The number of aromatic nitrogens is 6. The number of carbonyl (C=O) groups excluding carboxylic acids is 2. The van der Waals surface area contributed by atoms with Gasteiger partial charge in [0, 0.05) is 42.4 Å². The summed E-state index contributed by atoms with van der Waals surface area (Å²) < 4.78 is 41.2. The highest BCUT2D eigenvalue weighted by Crippen LogP contribution is 2.42. The summed E-state index contributed by atoms with van der Waals surface area (Å²) in [6.07, 6.45) is 8.85. The summed E-state index contributed by atoms with van der Waals surface area (Å²) in [6.45, 7) is 4.37. The summed E-state index contributed by atoms with van der Waals surface area (Å²) >= 11 is 5.92. The van der Waals surface area contributed by atoms with Gasteiger partial charge in [0.2, 0.25) is 11.9 Å². The zero-order valence-electron chi connectivity index (χ0n) is 23.4. The molecule has 15 heteroatoms. The molecule has 0 radical (unpaired) electrons. The van der Waals surface area contributed by atoms with E-state index in [1.165, 1.54) is 18.5 Å². The summed E-state index contributed by atoms with van der Waals surface area (Å²) in [4.78, 5) is 44.5. The van der Waals surface area contributed by atoms with Crippen LogP contribution in [0.5, 0.6) is 0 Å². The molecule has 0 spiro atoms. The number of rotatable bonds is 7. The number of amides is 2. The molecular weight excluding hydrogens is 599 g/mol. The number of carbonyl (C=O) groups is 2. The second kappa shape index (κ2) is 10.8. The lowest BCUT2D eigenvalue weighted by Crippen LogP contribution is -2.29. The molecule has 6 rings (SSSR count). The molecule has 43 heavy (non-hydrogen) atoms. The molecule has 0 bridgehead atoms. The van der Waals surface area contributed by atoms with Crippen molar-refractivity contribution in [2.24, 2.45) is 11.8 Å². The zero-order chi connectivity index (χ0) is 30.6. The summed E-state index contributed by atoms with van der Waals surface area (Å²) in [7, 11) is -3.85. The summed E-state index contributed by atoms with van der Waals surface area (Å²) in [5.74, 6) is -0.635. The van der Waals surface area contributed by atoms with Crippen LogP contribution in [0.4, 0.5) is 16.0 Å². The number of anilines is 2. The van der Waals surface area contributed by atoms with Gasteiger partial charge in [-0.25, -0.2) is 27.8 Å². The third-order valence-electron chi connectivity index (χ3n) is 7.83. The van der Waals surface area contributed by atoms with E-state index in [-0.39, 0.29) is 44.4 Å². The number of halogens is 2. The largest absolute Gasteiger partial charge is 0.318 e. The van der Waals surface area contributed by atoms with Gasteiger partial charge >= 0.3 is 0 Å². The van der Waals surface area contributed by atoms with E-state index >= 15 is 4.39 Å². The van der Waals surface area contributed by atoms with E-state index < -0.39 is 21.6 Å². The molecule has 222 valence electrons. The summed E-state index contributed by atoms with van der Waals surface area (Å²) in [5.41, 5.74) is 1.45. The van der Waals surface area contributed by atoms with Crippen molar-refractivity contribution in [2.75, 3.05) is 23.0 Å². The summed E-state index contributed by atoms with van der Waals surface area (Å²) in [5, 5.41) is 6.70. The monoisotopic (exact) mass is 624 g/mol. The molecule has 12 nitrogen and oxygen atoms in total. The van der Waals surface area contributed by atoms with Gasteiger partial charge in [0.05, 0.1) is 51.5 Å². The van der Waals surface area contributed by atoms with Crippen LogP contribution in [-0.4, -0.2) is 62.7 Å². The first-order chi connectivity index (χ1) is 20.4. The topological polar surface area (TPSA) is 153 Å². The van der Waals surface area contributed by atoms with Gasteiger partial charge < -0.3 is 5.32 Å². The van der Waals surface area contributed by atoms with Gasteiger partial charge in [0.1, 0.15) is 5.69 Å². The first-order valence-electron chi connectivity index (χ1n) is 13.4. The molecule has 1 aromatic carbocycles. The van der Waals surface area contributed by atoms with Crippen LogP contribution >= 0.6 is 11.6 Å². The van der Waals surface area contributed by atoms with Crippen LogP contribution in [-0.2, 0) is 21.2 Å². The molecule has 2 amide bonds. The molecule has 2 aliphatic rings. The van der Waals surface area contributed by atoms with Crippen LogP contribution in [0.3, 0.4) is 0 Å². The Kier molecular flexibility index (Phi) is 7.21. The Morgan fingerprint density at radius 3 is 2.56 bits per heavy atom. The van der Waals surface area contributed by atoms with Crippen LogP contribution in [0.2, 0.25) is 5.02 Å². The quantitative estimate of drug-likeness (QED) is 0.325. The van der Waals surface area contributed by atoms with E-state index in [1.807, 2.05) is 6.92 Å². The Morgan fingerprint density at radius 1 is 1.12 bits per heavy atom. The molecule has 1 saturated carbocycles. The average molecular weight is 625 g/mol. The first kappa shape index (κ1) is 28.8. The van der Waals surface area contributed by atoms with Gasteiger partial charge in [-0.2, -0.15) is 5.10 Å². The van der Waals surface area contributed by atoms with Crippen molar-refractivity contribution in [1.82, 2.24) is 29.7 Å². The lowest BCUT2D eigenvalue weighted by atomic mass is 9.76. The third kappa shape index (κ3) is 5.36. The number of hydrogen-bond acceptors (Lipinski definition) is 9. The van der Waals surface area contributed by atoms with Gasteiger partial charge in [-0.15, -0.1) is 0 Å². The minimum absolute atomic E-state index is 0.0925. The maximum absolute atomic E-state index is 15.0. The van der Waals surface area contributed by atoms with Gasteiger partial charge in [-0.3, -0.25) is 24.2 Å². The Morgan fingerprint density at radius 2 is 1.91 bits per heavy atom. The highest BCUT2D eigenvalue weighted by atomic mass is 35.5. The normalized spacial score (nSPS) is 18.0. The second-order valence-electron chi connectivity index (χ2n) is 10.8. The van der Waals surface area contributed by atoms with Gasteiger partial charge in [0.25, 0.3) is 5.91 Å². The molecular formula is C28H26ClFN8O4S. The SMILES string of the molecule is Cc1nc(N2C[C@H]3CC[C@H]3C2=O)ncc1Cn1cc(NC(=O)c2nc(-c3c(S(C)(=O)=O)ccc(Cl)c3F)cnc2C)cn1. The van der Waals surface area contributed by atoms with Gasteiger partial charge in [0.15, 0.2) is 15.7 Å². The zero-order valence-corrected chi connectivity index (χ0v) is 24.9. The predicted molar refractivity (Wildman–Crippen MR) is 155 cm³/mol. The molecule has 1 saturated heterocycles. The Balaban J connectivity index is 1.19. The number of sulfone groups is 1. The molecule has 4 heterocycles.